The first kappa shape index (κ1) is 15.6. The fraction of sp³-hybridized carbons (Fsp3) is 0.625. The van der Waals surface area contributed by atoms with Crippen molar-refractivity contribution in [3.63, 3.8) is 0 Å². The topological polar surface area (TPSA) is 86.7 Å². The monoisotopic (exact) mass is 271 g/mol. The van der Waals surface area contributed by atoms with E-state index >= 15 is 0 Å². The molecule has 0 unspecified atom stereocenters. The highest BCUT2D eigenvalue weighted by Gasteiger charge is 2.00. The molecule has 95 valence electrons. The van der Waals surface area contributed by atoms with Gasteiger partial charge in [0.15, 0.2) is 0 Å². The molecule has 0 N–H and O–H groups in total. The van der Waals surface area contributed by atoms with Crippen LogP contribution in [0.2, 0.25) is 0 Å². The predicted octanol–water partition coefficient (Wildman–Crippen LogP) is 0.437. The Kier molecular flexibility index (Phi) is 6.81. The van der Waals surface area contributed by atoms with Crippen molar-refractivity contribution >= 4 is 20.2 Å². The van der Waals surface area contributed by atoms with Gasteiger partial charge in [0.1, 0.15) is 6.61 Å². The van der Waals surface area contributed by atoms with Crippen molar-refractivity contribution in [3.8, 4) is 0 Å². The van der Waals surface area contributed by atoms with Gasteiger partial charge in [-0.25, -0.2) is 0 Å². The van der Waals surface area contributed by atoms with E-state index in [4.69, 9.17) is 0 Å². The Morgan fingerprint density at radius 2 is 1.62 bits per heavy atom. The Morgan fingerprint density at radius 3 is 2.12 bits per heavy atom. The highest BCUT2D eigenvalue weighted by molar-refractivity contribution is 7.86. The minimum Gasteiger partial charge on any atom is -0.270 e. The molecule has 0 amide bonds. The van der Waals surface area contributed by atoms with Crippen LogP contribution in [0.15, 0.2) is 12.2 Å². The SMILES string of the molecule is CS(=O)(=O)O[CH]CC=CCCOS(C)(=O)=O. The van der Waals surface area contributed by atoms with E-state index in [-0.39, 0.29) is 6.61 Å². The number of hydrogen-bond donors (Lipinski definition) is 0. The standard InChI is InChI=1S/C8H15O6S2/c1-15(9,10)13-7-5-3-4-6-8-14-16(2,11)12/h3-4,7H,5-6,8H2,1-2H3. The number of hydrogen-bond acceptors (Lipinski definition) is 6. The maximum atomic E-state index is 10.5. The third kappa shape index (κ3) is 13.6. The molecule has 0 aliphatic carbocycles. The van der Waals surface area contributed by atoms with E-state index in [1.54, 1.807) is 12.2 Å². The minimum absolute atomic E-state index is 0.0717. The summed E-state index contributed by atoms with van der Waals surface area (Å²) in [6.45, 7) is 1.21. The van der Waals surface area contributed by atoms with Crippen molar-refractivity contribution in [1.29, 1.82) is 0 Å². The molecule has 0 fully saturated rings. The first-order valence-corrected chi connectivity index (χ1v) is 8.03. The van der Waals surface area contributed by atoms with Gasteiger partial charge in [-0.2, -0.15) is 16.8 Å². The average molecular weight is 271 g/mol. The molecule has 0 aromatic carbocycles. The van der Waals surface area contributed by atoms with Crippen LogP contribution < -0.4 is 0 Å². The summed E-state index contributed by atoms with van der Waals surface area (Å²) in [5.74, 6) is 0. The summed E-state index contributed by atoms with van der Waals surface area (Å²) in [5.41, 5.74) is 0. The number of rotatable bonds is 8. The van der Waals surface area contributed by atoms with E-state index in [0.717, 1.165) is 19.1 Å². The molecular weight excluding hydrogens is 256 g/mol. The second-order valence-corrected chi connectivity index (χ2v) is 6.23. The molecule has 6 nitrogen and oxygen atoms in total. The van der Waals surface area contributed by atoms with Crippen molar-refractivity contribution in [2.24, 2.45) is 0 Å². The van der Waals surface area contributed by atoms with Gasteiger partial charge < -0.3 is 0 Å². The van der Waals surface area contributed by atoms with Gasteiger partial charge in [-0.1, -0.05) is 12.2 Å². The van der Waals surface area contributed by atoms with E-state index in [1.807, 2.05) is 0 Å². The van der Waals surface area contributed by atoms with Crippen LogP contribution in [-0.4, -0.2) is 36.0 Å². The molecule has 0 aliphatic rings. The van der Waals surface area contributed by atoms with Crippen LogP contribution in [0, 0.1) is 6.61 Å². The molecule has 0 atom stereocenters. The summed E-state index contributed by atoms with van der Waals surface area (Å²) in [6, 6.07) is 0. The van der Waals surface area contributed by atoms with Crippen molar-refractivity contribution in [2.75, 3.05) is 19.1 Å². The largest absolute Gasteiger partial charge is 0.270 e. The Morgan fingerprint density at radius 1 is 1.00 bits per heavy atom. The quantitative estimate of drug-likeness (QED) is 0.361. The van der Waals surface area contributed by atoms with Gasteiger partial charge in [0.25, 0.3) is 20.2 Å². The van der Waals surface area contributed by atoms with Gasteiger partial charge in [0.2, 0.25) is 0 Å². The lowest BCUT2D eigenvalue weighted by Crippen LogP contribution is -2.03. The Labute approximate surface area is 96.5 Å². The zero-order chi connectivity index (χ0) is 12.7. The highest BCUT2D eigenvalue weighted by atomic mass is 32.2. The van der Waals surface area contributed by atoms with Gasteiger partial charge in [0, 0.05) is 0 Å². The van der Waals surface area contributed by atoms with Gasteiger partial charge in [-0.3, -0.25) is 8.37 Å². The van der Waals surface area contributed by atoms with Gasteiger partial charge in [-0.15, -0.1) is 0 Å². The second kappa shape index (κ2) is 7.00. The molecule has 0 saturated carbocycles. The van der Waals surface area contributed by atoms with E-state index < -0.39 is 20.2 Å². The van der Waals surface area contributed by atoms with Crippen LogP contribution in [0.4, 0.5) is 0 Å². The first-order valence-electron chi connectivity index (χ1n) is 4.40. The van der Waals surface area contributed by atoms with E-state index in [9.17, 15) is 16.8 Å². The first-order chi connectivity index (χ1) is 7.21. The van der Waals surface area contributed by atoms with Crippen LogP contribution in [0.3, 0.4) is 0 Å². The van der Waals surface area contributed by atoms with Crippen molar-refractivity contribution in [3.05, 3.63) is 18.8 Å². The Bertz CT molecular complexity index is 366. The Hall–Kier alpha value is -0.440. The second-order valence-electron chi connectivity index (χ2n) is 2.99. The summed E-state index contributed by atoms with van der Waals surface area (Å²) in [7, 11) is -6.82. The maximum Gasteiger partial charge on any atom is 0.264 e. The Balaban J connectivity index is 3.50. The molecule has 0 spiro atoms. The van der Waals surface area contributed by atoms with Crippen molar-refractivity contribution in [1.82, 2.24) is 0 Å². The molecule has 1 radical (unpaired) electrons. The van der Waals surface area contributed by atoms with Crippen LogP contribution in [0.25, 0.3) is 0 Å². The molecule has 0 bridgehead atoms. The molecule has 0 rings (SSSR count). The lowest BCUT2D eigenvalue weighted by molar-refractivity contribution is 0.328. The van der Waals surface area contributed by atoms with Crippen LogP contribution in [0.1, 0.15) is 12.8 Å². The average Bonchev–Trinajstić information content (AvgIpc) is 2.06. The molecule has 8 heteroatoms. The summed E-state index contributed by atoms with van der Waals surface area (Å²) in [5, 5.41) is 0. The van der Waals surface area contributed by atoms with Crippen LogP contribution in [0.5, 0.6) is 0 Å². The fourth-order valence-corrected chi connectivity index (χ4v) is 1.42. The normalized spacial score (nSPS) is 13.4. The summed E-state index contributed by atoms with van der Waals surface area (Å²) in [4.78, 5) is 0. The molecular formula is C8H15O6S2. The summed E-state index contributed by atoms with van der Waals surface area (Å²) in [6.07, 6.45) is 6.01. The van der Waals surface area contributed by atoms with Gasteiger partial charge >= 0.3 is 0 Å². The fourth-order valence-electron chi connectivity index (χ4n) is 0.700. The highest BCUT2D eigenvalue weighted by Crippen LogP contribution is 1.98. The lowest BCUT2D eigenvalue weighted by Gasteiger charge is -1.97. The molecule has 16 heavy (non-hydrogen) atoms. The lowest BCUT2D eigenvalue weighted by atomic mass is 10.3. The molecule has 0 aromatic rings. The molecule has 0 aromatic heterocycles. The molecule has 0 saturated heterocycles. The third-order valence-electron chi connectivity index (χ3n) is 1.22. The zero-order valence-corrected chi connectivity index (χ0v) is 10.8. The summed E-state index contributed by atoms with van der Waals surface area (Å²) >= 11 is 0. The predicted molar refractivity (Wildman–Crippen MR) is 59.4 cm³/mol. The van der Waals surface area contributed by atoms with E-state index in [0.29, 0.717) is 12.8 Å². The molecule has 0 heterocycles. The third-order valence-corrected chi connectivity index (χ3v) is 2.30. The van der Waals surface area contributed by atoms with Gasteiger partial charge in [-0.05, 0) is 12.8 Å². The van der Waals surface area contributed by atoms with E-state index in [1.165, 1.54) is 0 Å². The van der Waals surface area contributed by atoms with Crippen LogP contribution in [-0.2, 0) is 28.6 Å². The summed E-state index contributed by atoms with van der Waals surface area (Å²) < 4.78 is 50.9. The van der Waals surface area contributed by atoms with Crippen LogP contribution >= 0.6 is 0 Å². The minimum atomic E-state index is -3.43. The zero-order valence-electron chi connectivity index (χ0n) is 9.12. The maximum absolute atomic E-state index is 10.5. The van der Waals surface area contributed by atoms with Crippen molar-refractivity contribution in [2.45, 2.75) is 12.8 Å². The molecule has 0 aliphatic heterocycles. The smallest absolute Gasteiger partial charge is 0.264 e. The van der Waals surface area contributed by atoms with Gasteiger partial charge in [0.05, 0.1) is 19.1 Å². The van der Waals surface area contributed by atoms with E-state index in [2.05, 4.69) is 8.37 Å². The van der Waals surface area contributed by atoms with Crippen molar-refractivity contribution < 1.29 is 25.2 Å².